The summed E-state index contributed by atoms with van der Waals surface area (Å²) in [5.41, 5.74) is 1.01. The number of carbonyl (C=O) groups excluding carboxylic acids is 1. The first-order valence-electron chi connectivity index (χ1n) is 8.98. The van der Waals surface area contributed by atoms with E-state index in [0.29, 0.717) is 19.4 Å². The number of hydrogen-bond acceptors (Lipinski definition) is 5. The molecule has 6 nitrogen and oxygen atoms in total. The third-order valence-corrected chi connectivity index (χ3v) is 3.94. The predicted octanol–water partition coefficient (Wildman–Crippen LogP) is 2.72. The Morgan fingerprint density at radius 1 is 1.07 bits per heavy atom. The van der Waals surface area contributed by atoms with Gasteiger partial charge in [0, 0.05) is 13.0 Å². The first kappa shape index (κ1) is 20.6. The van der Waals surface area contributed by atoms with Gasteiger partial charge in [0.15, 0.2) is 0 Å². The summed E-state index contributed by atoms with van der Waals surface area (Å²) in [5.74, 6) is 2.12. The summed E-state index contributed by atoms with van der Waals surface area (Å²) in [7, 11) is 1.61. The Balaban J connectivity index is 1.56. The molecule has 0 aliphatic heterocycles. The number of amides is 1. The lowest BCUT2D eigenvalue weighted by Crippen LogP contribution is -2.35. The average Bonchev–Trinajstić information content (AvgIpc) is 2.69. The van der Waals surface area contributed by atoms with Crippen LogP contribution >= 0.6 is 0 Å². The van der Waals surface area contributed by atoms with Crippen LogP contribution in [-0.4, -0.2) is 44.0 Å². The molecule has 0 aliphatic carbocycles. The number of aryl methyl sites for hydroxylation is 1. The van der Waals surface area contributed by atoms with Gasteiger partial charge in [0.2, 0.25) is 5.91 Å². The van der Waals surface area contributed by atoms with Crippen molar-refractivity contribution in [1.29, 1.82) is 0 Å². The number of carbonyl (C=O) groups is 1. The van der Waals surface area contributed by atoms with Crippen LogP contribution in [0.15, 0.2) is 48.5 Å². The van der Waals surface area contributed by atoms with E-state index in [4.69, 9.17) is 14.2 Å². The molecule has 0 saturated carbocycles. The van der Waals surface area contributed by atoms with Crippen LogP contribution < -0.4 is 19.5 Å². The molecule has 0 saturated heterocycles. The molecule has 0 heterocycles. The van der Waals surface area contributed by atoms with E-state index in [1.807, 2.05) is 55.5 Å². The Kier molecular flexibility index (Phi) is 8.45. The van der Waals surface area contributed by atoms with E-state index >= 15 is 0 Å². The summed E-state index contributed by atoms with van der Waals surface area (Å²) in [5, 5.41) is 12.6. The summed E-state index contributed by atoms with van der Waals surface area (Å²) >= 11 is 0. The van der Waals surface area contributed by atoms with Crippen LogP contribution in [0.1, 0.15) is 18.4 Å². The second-order valence-corrected chi connectivity index (χ2v) is 6.16. The quantitative estimate of drug-likeness (QED) is 0.592. The largest absolute Gasteiger partial charge is 0.497 e. The van der Waals surface area contributed by atoms with E-state index in [9.17, 15) is 9.90 Å². The minimum absolute atomic E-state index is 0.122. The molecule has 2 aromatic rings. The number of nitrogens with one attached hydrogen (secondary N) is 1. The van der Waals surface area contributed by atoms with Crippen molar-refractivity contribution in [2.24, 2.45) is 0 Å². The van der Waals surface area contributed by atoms with Gasteiger partial charge >= 0.3 is 0 Å². The van der Waals surface area contributed by atoms with Crippen molar-refractivity contribution in [2.75, 3.05) is 26.9 Å². The minimum Gasteiger partial charge on any atom is -0.497 e. The van der Waals surface area contributed by atoms with E-state index < -0.39 is 6.10 Å². The van der Waals surface area contributed by atoms with Gasteiger partial charge in [-0.3, -0.25) is 4.79 Å². The molecule has 2 rings (SSSR count). The normalized spacial score (nSPS) is 11.5. The number of methoxy groups -OCH3 is 1. The van der Waals surface area contributed by atoms with Crippen molar-refractivity contribution in [3.05, 3.63) is 54.1 Å². The number of ether oxygens (including phenoxy) is 3. The molecule has 1 atom stereocenters. The lowest BCUT2D eigenvalue weighted by Gasteiger charge is -2.14. The Labute approximate surface area is 160 Å². The number of aliphatic hydroxyl groups excluding tert-OH is 1. The summed E-state index contributed by atoms with van der Waals surface area (Å²) in [6.45, 7) is 2.67. The number of rotatable bonds is 11. The highest BCUT2D eigenvalue weighted by Gasteiger charge is 2.09. The fourth-order valence-corrected chi connectivity index (χ4v) is 2.38. The van der Waals surface area contributed by atoms with Gasteiger partial charge in [0.25, 0.3) is 0 Å². The zero-order valence-corrected chi connectivity index (χ0v) is 15.8. The maximum atomic E-state index is 11.8. The summed E-state index contributed by atoms with van der Waals surface area (Å²) in [6, 6.07) is 14.9. The fourth-order valence-electron chi connectivity index (χ4n) is 2.38. The number of hydrogen-bond donors (Lipinski definition) is 2. The van der Waals surface area contributed by atoms with E-state index in [-0.39, 0.29) is 19.1 Å². The molecule has 2 aromatic carbocycles. The van der Waals surface area contributed by atoms with E-state index in [1.165, 1.54) is 0 Å². The van der Waals surface area contributed by atoms with Crippen LogP contribution in [-0.2, 0) is 4.79 Å². The molecule has 0 fully saturated rings. The molecule has 0 bridgehead atoms. The number of para-hydroxylation sites is 1. The first-order valence-corrected chi connectivity index (χ1v) is 8.98. The van der Waals surface area contributed by atoms with Gasteiger partial charge in [-0.15, -0.1) is 0 Å². The van der Waals surface area contributed by atoms with E-state index in [0.717, 1.165) is 22.8 Å². The highest BCUT2D eigenvalue weighted by molar-refractivity contribution is 5.75. The Morgan fingerprint density at radius 3 is 2.48 bits per heavy atom. The molecule has 0 spiro atoms. The lowest BCUT2D eigenvalue weighted by molar-refractivity contribution is -0.121. The molecule has 6 heteroatoms. The average molecular weight is 373 g/mol. The molecule has 0 aliphatic rings. The van der Waals surface area contributed by atoms with E-state index in [1.54, 1.807) is 7.11 Å². The summed E-state index contributed by atoms with van der Waals surface area (Å²) in [4.78, 5) is 11.8. The van der Waals surface area contributed by atoms with Gasteiger partial charge in [0.05, 0.1) is 13.7 Å². The second kappa shape index (κ2) is 11.1. The summed E-state index contributed by atoms with van der Waals surface area (Å²) < 4.78 is 16.2. The number of benzene rings is 2. The van der Waals surface area contributed by atoms with Gasteiger partial charge in [0.1, 0.15) is 30.0 Å². The fraction of sp³-hybridized carbons (Fsp3) is 0.381. The zero-order chi connectivity index (χ0) is 19.5. The molecule has 146 valence electrons. The van der Waals surface area contributed by atoms with Crippen LogP contribution in [0.3, 0.4) is 0 Å². The maximum absolute atomic E-state index is 11.8. The number of aliphatic hydroxyl groups is 1. The topological polar surface area (TPSA) is 77.0 Å². The molecule has 1 amide bonds. The molecule has 27 heavy (non-hydrogen) atoms. The Bertz CT molecular complexity index is 702. The van der Waals surface area contributed by atoms with Gasteiger partial charge in [-0.05, 0) is 49.2 Å². The molecular weight excluding hydrogens is 346 g/mol. The first-order chi connectivity index (χ1) is 13.1. The maximum Gasteiger partial charge on any atom is 0.220 e. The van der Waals surface area contributed by atoms with Crippen molar-refractivity contribution >= 4 is 5.91 Å². The highest BCUT2D eigenvalue weighted by Crippen LogP contribution is 2.17. The zero-order valence-electron chi connectivity index (χ0n) is 15.8. The monoisotopic (exact) mass is 373 g/mol. The van der Waals surface area contributed by atoms with Crippen LogP contribution in [0.4, 0.5) is 0 Å². The molecule has 0 radical (unpaired) electrons. The van der Waals surface area contributed by atoms with Crippen LogP contribution in [0.2, 0.25) is 0 Å². The molecule has 2 N–H and O–H groups in total. The summed E-state index contributed by atoms with van der Waals surface area (Å²) in [6.07, 6.45) is 0.166. The van der Waals surface area contributed by atoms with Gasteiger partial charge in [-0.2, -0.15) is 0 Å². The molecule has 1 unspecified atom stereocenters. The second-order valence-electron chi connectivity index (χ2n) is 6.16. The molecular formula is C21H27NO5. The Hall–Kier alpha value is -2.73. The predicted molar refractivity (Wildman–Crippen MR) is 103 cm³/mol. The van der Waals surface area contributed by atoms with Crippen LogP contribution in [0, 0.1) is 6.92 Å². The third-order valence-electron chi connectivity index (χ3n) is 3.94. The van der Waals surface area contributed by atoms with Crippen molar-refractivity contribution in [3.8, 4) is 17.2 Å². The van der Waals surface area contributed by atoms with Gasteiger partial charge in [-0.1, -0.05) is 18.2 Å². The SMILES string of the molecule is COc1ccc(OCCCC(=O)NCC(O)COc2ccccc2C)cc1. The lowest BCUT2D eigenvalue weighted by atomic mass is 10.2. The van der Waals surface area contributed by atoms with E-state index in [2.05, 4.69) is 5.32 Å². The van der Waals surface area contributed by atoms with Crippen molar-refractivity contribution in [2.45, 2.75) is 25.9 Å². The third kappa shape index (κ3) is 7.58. The van der Waals surface area contributed by atoms with Crippen molar-refractivity contribution in [3.63, 3.8) is 0 Å². The smallest absolute Gasteiger partial charge is 0.220 e. The van der Waals surface area contributed by atoms with Crippen LogP contribution in [0.5, 0.6) is 17.2 Å². The van der Waals surface area contributed by atoms with Crippen LogP contribution in [0.25, 0.3) is 0 Å². The highest BCUT2D eigenvalue weighted by atomic mass is 16.5. The Morgan fingerprint density at radius 2 is 1.78 bits per heavy atom. The van der Waals surface area contributed by atoms with Crippen molar-refractivity contribution < 1.29 is 24.1 Å². The van der Waals surface area contributed by atoms with Gasteiger partial charge in [-0.25, -0.2) is 0 Å². The molecule has 0 aromatic heterocycles. The minimum atomic E-state index is -0.760. The standard InChI is InChI=1S/C21H27NO5/c1-16-6-3-4-7-20(16)27-15-17(23)14-22-21(24)8-5-13-26-19-11-9-18(25-2)10-12-19/h3-4,6-7,9-12,17,23H,5,8,13-15H2,1-2H3,(H,22,24). The van der Waals surface area contributed by atoms with Gasteiger partial charge < -0.3 is 24.6 Å². The van der Waals surface area contributed by atoms with Crippen molar-refractivity contribution in [1.82, 2.24) is 5.32 Å².